The molecule has 76 valence electrons. The molecule has 1 aromatic heterocycles. The second-order valence-corrected chi connectivity index (χ2v) is 2.76. The van der Waals surface area contributed by atoms with E-state index in [1.54, 1.807) is 0 Å². The molecule has 0 aliphatic rings. The van der Waals surface area contributed by atoms with Crippen molar-refractivity contribution in [2.75, 3.05) is 0 Å². The van der Waals surface area contributed by atoms with Gasteiger partial charge in [0.2, 0.25) is 0 Å². The monoisotopic (exact) mass is 199 g/mol. The highest BCUT2D eigenvalue weighted by atomic mass is 16.5. The van der Waals surface area contributed by atoms with Gasteiger partial charge in [-0.05, 0) is 6.92 Å². The van der Waals surface area contributed by atoms with Crippen LogP contribution < -0.4 is 0 Å². The first-order valence-electron chi connectivity index (χ1n) is 3.92. The van der Waals surface area contributed by atoms with E-state index in [1.807, 2.05) is 0 Å². The average Bonchev–Trinajstić information content (AvgIpc) is 2.43. The third kappa shape index (κ3) is 2.09. The van der Waals surface area contributed by atoms with Crippen molar-refractivity contribution in [3.05, 3.63) is 17.0 Å². The largest absolute Gasteiger partial charge is 0.481 e. The standard InChI is InChI=1S/C8H9NO5/c1-4-7(8(12)13)5(9-14-4)2-3-6(10)11/h2-3H2,1H3,(H,10,11)(H,12,13). The topological polar surface area (TPSA) is 101 Å². The molecule has 0 aliphatic heterocycles. The number of carboxylic acid groups (broad SMARTS) is 2. The first kappa shape index (κ1) is 10.2. The maximum Gasteiger partial charge on any atom is 0.341 e. The summed E-state index contributed by atoms with van der Waals surface area (Å²) in [6.07, 6.45) is -0.0967. The third-order valence-electron chi connectivity index (χ3n) is 1.72. The number of nitrogens with zero attached hydrogens (tertiary/aromatic N) is 1. The number of hydrogen-bond donors (Lipinski definition) is 2. The van der Waals surface area contributed by atoms with Crippen LogP contribution in [0.25, 0.3) is 0 Å². The molecule has 0 aliphatic carbocycles. The Morgan fingerprint density at radius 2 is 2.07 bits per heavy atom. The van der Waals surface area contributed by atoms with Gasteiger partial charge >= 0.3 is 11.9 Å². The van der Waals surface area contributed by atoms with Crippen molar-refractivity contribution >= 4 is 11.9 Å². The summed E-state index contributed by atoms with van der Waals surface area (Å²) in [6.45, 7) is 1.47. The van der Waals surface area contributed by atoms with Crippen LogP contribution in [0, 0.1) is 6.92 Å². The fourth-order valence-corrected chi connectivity index (χ4v) is 1.09. The lowest BCUT2D eigenvalue weighted by Gasteiger charge is -1.94. The minimum absolute atomic E-state index is 0.0359. The zero-order chi connectivity index (χ0) is 10.7. The predicted molar refractivity (Wildman–Crippen MR) is 44.2 cm³/mol. The Hall–Kier alpha value is -1.85. The van der Waals surface area contributed by atoms with Gasteiger partial charge in [-0.1, -0.05) is 5.16 Å². The number of hydrogen-bond acceptors (Lipinski definition) is 4. The fourth-order valence-electron chi connectivity index (χ4n) is 1.09. The Morgan fingerprint density at radius 1 is 1.43 bits per heavy atom. The van der Waals surface area contributed by atoms with Gasteiger partial charge in [0, 0.05) is 6.42 Å². The summed E-state index contributed by atoms with van der Waals surface area (Å²) in [5.41, 5.74) is 0.142. The smallest absolute Gasteiger partial charge is 0.341 e. The lowest BCUT2D eigenvalue weighted by atomic mass is 10.1. The van der Waals surface area contributed by atoms with Crippen molar-refractivity contribution in [1.82, 2.24) is 5.16 Å². The van der Waals surface area contributed by atoms with Gasteiger partial charge in [0.1, 0.15) is 11.3 Å². The molecule has 1 heterocycles. The molecule has 0 saturated carbocycles. The maximum atomic E-state index is 10.7. The van der Waals surface area contributed by atoms with Crippen LogP contribution in [0.3, 0.4) is 0 Å². The lowest BCUT2D eigenvalue weighted by molar-refractivity contribution is -0.137. The van der Waals surface area contributed by atoms with Crippen LogP contribution in [0.15, 0.2) is 4.52 Å². The summed E-state index contributed by atoms with van der Waals surface area (Å²) < 4.78 is 4.67. The second kappa shape index (κ2) is 3.91. The number of aromatic nitrogens is 1. The van der Waals surface area contributed by atoms with Gasteiger partial charge in [-0.25, -0.2) is 4.79 Å². The average molecular weight is 199 g/mol. The number of carbonyl (C=O) groups is 2. The number of carboxylic acids is 2. The quantitative estimate of drug-likeness (QED) is 0.740. The van der Waals surface area contributed by atoms with Crippen molar-refractivity contribution in [2.45, 2.75) is 19.8 Å². The van der Waals surface area contributed by atoms with E-state index in [0.717, 1.165) is 0 Å². The Morgan fingerprint density at radius 3 is 2.57 bits per heavy atom. The molecule has 0 atom stereocenters. The molecule has 1 rings (SSSR count). The van der Waals surface area contributed by atoms with Crippen LogP contribution in [-0.4, -0.2) is 27.3 Å². The van der Waals surface area contributed by atoms with Gasteiger partial charge in [0.05, 0.1) is 12.1 Å². The SMILES string of the molecule is Cc1onc(CCC(=O)O)c1C(=O)O. The molecular weight excluding hydrogens is 190 g/mol. The molecular formula is C8H9NO5. The number of aryl methyl sites for hydroxylation is 2. The van der Waals surface area contributed by atoms with Crippen molar-refractivity contribution in [1.29, 1.82) is 0 Å². The summed E-state index contributed by atoms with van der Waals surface area (Å²) in [4.78, 5) is 21.0. The summed E-state index contributed by atoms with van der Waals surface area (Å²) in [6, 6.07) is 0. The van der Waals surface area contributed by atoms with Gasteiger partial charge < -0.3 is 14.7 Å². The number of rotatable bonds is 4. The molecule has 0 radical (unpaired) electrons. The highest BCUT2D eigenvalue weighted by Gasteiger charge is 2.19. The van der Waals surface area contributed by atoms with E-state index in [-0.39, 0.29) is 29.9 Å². The zero-order valence-electron chi connectivity index (χ0n) is 7.48. The third-order valence-corrected chi connectivity index (χ3v) is 1.72. The van der Waals surface area contributed by atoms with Gasteiger partial charge in [-0.2, -0.15) is 0 Å². The number of aromatic carboxylic acids is 1. The van der Waals surface area contributed by atoms with Crippen LogP contribution in [0.1, 0.15) is 28.2 Å². The minimum atomic E-state index is -1.15. The molecule has 0 unspecified atom stereocenters. The van der Waals surface area contributed by atoms with Crippen molar-refractivity contribution < 1.29 is 24.3 Å². The highest BCUT2D eigenvalue weighted by Crippen LogP contribution is 2.14. The lowest BCUT2D eigenvalue weighted by Crippen LogP contribution is -2.04. The van der Waals surface area contributed by atoms with E-state index < -0.39 is 11.9 Å². The van der Waals surface area contributed by atoms with Crippen molar-refractivity contribution in [2.24, 2.45) is 0 Å². The van der Waals surface area contributed by atoms with Crippen LogP contribution in [-0.2, 0) is 11.2 Å². The van der Waals surface area contributed by atoms with Crippen LogP contribution >= 0.6 is 0 Å². The Kier molecular flexibility index (Phi) is 2.85. The van der Waals surface area contributed by atoms with Gasteiger partial charge in [-0.3, -0.25) is 4.79 Å². The molecule has 14 heavy (non-hydrogen) atoms. The molecule has 6 nitrogen and oxygen atoms in total. The molecule has 6 heteroatoms. The molecule has 0 aromatic carbocycles. The Labute approximate surface area is 79.1 Å². The van der Waals surface area contributed by atoms with E-state index in [4.69, 9.17) is 10.2 Å². The normalized spacial score (nSPS) is 10.1. The van der Waals surface area contributed by atoms with E-state index in [2.05, 4.69) is 9.68 Å². The van der Waals surface area contributed by atoms with Gasteiger partial charge in [0.25, 0.3) is 0 Å². The van der Waals surface area contributed by atoms with Gasteiger partial charge in [-0.15, -0.1) is 0 Å². The highest BCUT2D eigenvalue weighted by molar-refractivity contribution is 5.90. The fraction of sp³-hybridized carbons (Fsp3) is 0.375. The molecule has 0 bridgehead atoms. The van der Waals surface area contributed by atoms with Crippen LogP contribution in [0.5, 0.6) is 0 Å². The van der Waals surface area contributed by atoms with E-state index in [9.17, 15) is 9.59 Å². The van der Waals surface area contributed by atoms with Gasteiger partial charge in [0.15, 0.2) is 0 Å². The van der Waals surface area contributed by atoms with E-state index >= 15 is 0 Å². The summed E-state index contributed by atoms with van der Waals surface area (Å²) in [5.74, 6) is -1.95. The molecule has 1 aromatic rings. The molecule has 0 amide bonds. The summed E-state index contributed by atoms with van der Waals surface area (Å²) in [5, 5.41) is 20.6. The van der Waals surface area contributed by atoms with E-state index in [1.165, 1.54) is 6.92 Å². The minimum Gasteiger partial charge on any atom is -0.481 e. The van der Waals surface area contributed by atoms with Crippen molar-refractivity contribution in [3.63, 3.8) is 0 Å². The maximum absolute atomic E-state index is 10.7. The molecule has 0 fully saturated rings. The first-order valence-corrected chi connectivity index (χ1v) is 3.92. The molecule has 2 N–H and O–H groups in total. The Balaban J connectivity index is 2.86. The predicted octanol–water partition coefficient (Wildman–Crippen LogP) is 0.698. The Bertz CT molecular complexity index is 368. The molecule has 0 saturated heterocycles. The van der Waals surface area contributed by atoms with E-state index in [0.29, 0.717) is 0 Å². The molecule has 0 spiro atoms. The van der Waals surface area contributed by atoms with Crippen LogP contribution in [0.2, 0.25) is 0 Å². The first-order chi connectivity index (χ1) is 6.52. The number of aliphatic carboxylic acids is 1. The summed E-state index contributed by atoms with van der Waals surface area (Å²) >= 11 is 0. The summed E-state index contributed by atoms with van der Waals surface area (Å²) in [7, 11) is 0. The zero-order valence-corrected chi connectivity index (χ0v) is 7.48. The van der Waals surface area contributed by atoms with Crippen molar-refractivity contribution in [3.8, 4) is 0 Å². The van der Waals surface area contributed by atoms with Crippen LogP contribution in [0.4, 0.5) is 0 Å². The second-order valence-electron chi connectivity index (χ2n) is 2.76.